The molecule has 6 heteroatoms. The van der Waals surface area contributed by atoms with Crippen molar-refractivity contribution < 1.29 is 4.42 Å². The largest absolute Gasteiger partial charge is 0.454 e. The maximum atomic E-state index is 9.36. The van der Waals surface area contributed by atoms with Crippen LogP contribution in [0, 0.1) is 11.3 Å². The standard InChI is InChI=1S/C45H27N5O/c46-27-29-9-7-14-36(25-29)32-19-23-35(24-20-32)44-48-43(34-12-5-2-6-13-34)49-45(50-44)37-26-40-42(47-28-37)41-38(15-8-16-39(41)51-40)33-21-17-31(18-22-33)30-10-3-1-4-11-30/h1-26,28H. The van der Waals surface area contributed by atoms with Gasteiger partial charge in [-0.15, -0.1) is 0 Å². The monoisotopic (exact) mass is 653 g/mol. The van der Waals surface area contributed by atoms with Gasteiger partial charge in [-0.3, -0.25) is 4.98 Å². The summed E-state index contributed by atoms with van der Waals surface area (Å²) in [5, 5.41) is 10.3. The molecule has 0 spiro atoms. The van der Waals surface area contributed by atoms with E-state index in [2.05, 4.69) is 60.7 Å². The number of hydrogen-bond acceptors (Lipinski definition) is 6. The number of benzene rings is 6. The molecule has 9 aromatic rings. The Morgan fingerprint density at radius 2 is 0.961 bits per heavy atom. The highest BCUT2D eigenvalue weighted by Crippen LogP contribution is 2.38. The molecule has 238 valence electrons. The first-order valence-corrected chi connectivity index (χ1v) is 16.6. The zero-order valence-electron chi connectivity index (χ0n) is 27.2. The molecule has 0 saturated carbocycles. The molecule has 51 heavy (non-hydrogen) atoms. The van der Waals surface area contributed by atoms with Crippen LogP contribution in [0.15, 0.2) is 168 Å². The normalized spacial score (nSPS) is 11.1. The smallest absolute Gasteiger partial charge is 0.165 e. The molecule has 0 unspecified atom stereocenters. The predicted octanol–water partition coefficient (Wildman–Crippen LogP) is 11.0. The summed E-state index contributed by atoms with van der Waals surface area (Å²) in [6, 6.07) is 54.8. The minimum atomic E-state index is 0.497. The van der Waals surface area contributed by atoms with Crippen molar-refractivity contribution in [1.29, 1.82) is 5.26 Å². The van der Waals surface area contributed by atoms with Crippen LogP contribution in [0.3, 0.4) is 0 Å². The molecule has 0 N–H and O–H groups in total. The van der Waals surface area contributed by atoms with Crippen molar-refractivity contribution in [2.45, 2.75) is 0 Å². The highest BCUT2D eigenvalue weighted by atomic mass is 16.3. The molecule has 0 radical (unpaired) electrons. The summed E-state index contributed by atoms with van der Waals surface area (Å²) < 4.78 is 6.42. The van der Waals surface area contributed by atoms with Crippen molar-refractivity contribution in [3.05, 3.63) is 169 Å². The van der Waals surface area contributed by atoms with E-state index in [1.165, 1.54) is 11.1 Å². The average molecular weight is 654 g/mol. The number of rotatable bonds is 6. The van der Waals surface area contributed by atoms with Crippen LogP contribution in [0.25, 0.3) is 89.6 Å². The van der Waals surface area contributed by atoms with E-state index in [-0.39, 0.29) is 0 Å². The van der Waals surface area contributed by atoms with E-state index in [1.807, 2.05) is 103 Å². The third-order valence-corrected chi connectivity index (χ3v) is 9.03. The lowest BCUT2D eigenvalue weighted by molar-refractivity contribution is 0.668. The number of nitriles is 1. The van der Waals surface area contributed by atoms with Gasteiger partial charge in [-0.05, 0) is 57.6 Å². The first-order chi connectivity index (χ1) is 25.2. The van der Waals surface area contributed by atoms with Crippen LogP contribution in [0.1, 0.15) is 5.56 Å². The molecule has 0 amide bonds. The van der Waals surface area contributed by atoms with Crippen molar-refractivity contribution in [3.63, 3.8) is 0 Å². The molecule has 0 aliphatic heterocycles. The van der Waals surface area contributed by atoms with E-state index in [9.17, 15) is 5.26 Å². The zero-order chi connectivity index (χ0) is 34.1. The Labute approximate surface area is 294 Å². The molecule has 0 aliphatic carbocycles. The number of furan rings is 1. The number of pyridine rings is 1. The Balaban J connectivity index is 1.12. The quantitative estimate of drug-likeness (QED) is 0.177. The molecule has 6 nitrogen and oxygen atoms in total. The van der Waals surface area contributed by atoms with Gasteiger partial charge in [0, 0.05) is 22.9 Å². The SMILES string of the molecule is N#Cc1cccc(-c2ccc(-c3nc(-c4ccccc4)nc(-c4cnc5c(c4)oc4cccc(-c6ccc(-c7ccccc7)cc6)c45)n3)cc2)c1. The number of aromatic nitrogens is 4. The molecule has 3 aromatic heterocycles. The maximum absolute atomic E-state index is 9.36. The topological polar surface area (TPSA) is 88.5 Å². The summed E-state index contributed by atoms with van der Waals surface area (Å²) >= 11 is 0. The summed E-state index contributed by atoms with van der Waals surface area (Å²) in [6.07, 6.45) is 1.81. The highest BCUT2D eigenvalue weighted by Gasteiger charge is 2.18. The minimum Gasteiger partial charge on any atom is -0.454 e. The first kappa shape index (κ1) is 29.9. The van der Waals surface area contributed by atoms with E-state index in [4.69, 9.17) is 24.4 Å². The van der Waals surface area contributed by atoms with Gasteiger partial charge in [0.15, 0.2) is 23.1 Å². The fourth-order valence-corrected chi connectivity index (χ4v) is 6.46. The number of fused-ring (bicyclic) bond motifs is 3. The van der Waals surface area contributed by atoms with Gasteiger partial charge in [0.25, 0.3) is 0 Å². The molecule has 0 bridgehead atoms. The third kappa shape index (κ3) is 5.69. The minimum absolute atomic E-state index is 0.497. The molecular formula is C45H27N5O. The van der Waals surface area contributed by atoms with Crippen molar-refractivity contribution in [1.82, 2.24) is 19.9 Å². The van der Waals surface area contributed by atoms with Gasteiger partial charge >= 0.3 is 0 Å². The Hall–Kier alpha value is -7.23. The van der Waals surface area contributed by atoms with Crippen molar-refractivity contribution in [3.8, 4) is 73.6 Å². The van der Waals surface area contributed by atoms with E-state index in [0.717, 1.165) is 55.4 Å². The molecule has 0 atom stereocenters. The van der Waals surface area contributed by atoms with E-state index < -0.39 is 0 Å². The van der Waals surface area contributed by atoms with Gasteiger partial charge < -0.3 is 4.42 Å². The average Bonchev–Trinajstić information content (AvgIpc) is 3.60. The van der Waals surface area contributed by atoms with Gasteiger partial charge in [-0.1, -0.05) is 133 Å². The Bertz CT molecular complexity index is 2730. The van der Waals surface area contributed by atoms with Crippen molar-refractivity contribution >= 4 is 22.1 Å². The molecule has 0 aliphatic rings. The van der Waals surface area contributed by atoms with E-state index in [1.54, 1.807) is 6.07 Å². The summed E-state index contributed by atoms with van der Waals surface area (Å²) in [5.41, 5.74) is 11.7. The maximum Gasteiger partial charge on any atom is 0.165 e. The molecule has 0 fully saturated rings. The van der Waals surface area contributed by atoms with Crippen LogP contribution >= 0.6 is 0 Å². The molecular weight excluding hydrogens is 627 g/mol. The zero-order valence-corrected chi connectivity index (χ0v) is 27.2. The molecule has 3 heterocycles. The summed E-state index contributed by atoms with van der Waals surface area (Å²) in [4.78, 5) is 19.7. The van der Waals surface area contributed by atoms with Gasteiger partial charge in [-0.25, -0.2) is 15.0 Å². The van der Waals surface area contributed by atoms with Gasteiger partial charge in [0.05, 0.1) is 17.0 Å². The van der Waals surface area contributed by atoms with E-state index in [0.29, 0.717) is 28.6 Å². The third-order valence-electron chi connectivity index (χ3n) is 9.03. The Kier molecular flexibility index (Phi) is 7.42. The Morgan fingerprint density at radius 1 is 0.431 bits per heavy atom. The Morgan fingerprint density at radius 3 is 1.65 bits per heavy atom. The van der Waals surface area contributed by atoms with Gasteiger partial charge in [0.2, 0.25) is 0 Å². The fraction of sp³-hybridized carbons (Fsp3) is 0. The molecule has 6 aromatic carbocycles. The van der Waals surface area contributed by atoms with Crippen LogP contribution in [0.2, 0.25) is 0 Å². The summed E-state index contributed by atoms with van der Waals surface area (Å²) in [7, 11) is 0. The second-order valence-corrected chi connectivity index (χ2v) is 12.2. The van der Waals surface area contributed by atoms with Crippen molar-refractivity contribution in [2.24, 2.45) is 0 Å². The van der Waals surface area contributed by atoms with Gasteiger partial charge in [-0.2, -0.15) is 5.26 Å². The van der Waals surface area contributed by atoms with Gasteiger partial charge in [0.1, 0.15) is 11.1 Å². The molecule has 0 saturated heterocycles. The van der Waals surface area contributed by atoms with Crippen LogP contribution in [0.5, 0.6) is 0 Å². The second kappa shape index (κ2) is 12.7. The van der Waals surface area contributed by atoms with Crippen LogP contribution in [0.4, 0.5) is 0 Å². The summed E-state index contributed by atoms with van der Waals surface area (Å²) in [6.45, 7) is 0. The lowest BCUT2D eigenvalue weighted by atomic mass is 9.98. The lowest BCUT2D eigenvalue weighted by Gasteiger charge is -2.09. The summed E-state index contributed by atoms with van der Waals surface area (Å²) in [5.74, 6) is 1.60. The van der Waals surface area contributed by atoms with Crippen LogP contribution in [-0.2, 0) is 0 Å². The first-order valence-electron chi connectivity index (χ1n) is 16.6. The van der Waals surface area contributed by atoms with Crippen LogP contribution < -0.4 is 0 Å². The number of nitrogens with zero attached hydrogens (tertiary/aromatic N) is 5. The van der Waals surface area contributed by atoms with Crippen molar-refractivity contribution in [2.75, 3.05) is 0 Å². The fourth-order valence-electron chi connectivity index (χ4n) is 6.46. The predicted molar refractivity (Wildman–Crippen MR) is 202 cm³/mol. The lowest BCUT2D eigenvalue weighted by Crippen LogP contribution is -2.00. The second-order valence-electron chi connectivity index (χ2n) is 12.2. The van der Waals surface area contributed by atoms with E-state index >= 15 is 0 Å². The highest BCUT2D eigenvalue weighted by molar-refractivity contribution is 6.11. The molecule has 9 rings (SSSR count). The van der Waals surface area contributed by atoms with Crippen LogP contribution in [-0.4, -0.2) is 19.9 Å². The number of hydrogen-bond donors (Lipinski definition) is 0.